The molecule has 0 radical (unpaired) electrons. The van der Waals surface area contributed by atoms with Crippen LogP contribution in [0.1, 0.15) is 27.2 Å². The highest BCUT2D eigenvalue weighted by atomic mass is 32.2. The van der Waals surface area contributed by atoms with E-state index in [2.05, 4.69) is 10.3 Å². The summed E-state index contributed by atoms with van der Waals surface area (Å²) in [5.41, 5.74) is 0. The van der Waals surface area contributed by atoms with E-state index in [9.17, 15) is 8.42 Å². The smallest absolute Gasteiger partial charge is 0.246 e. The van der Waals surface area contributed by atoms with Crippen LogP contribution in [-0.4, -0.2) is 37.8 Å². The van der Waals surface area contributed by atoms with Gasteiger partial charge in [-0.15, -0.1) is 0 Å². The highest BCUT2D eigenvalue weighted by molar-refractivity contribution is 7.89. The van der Waals surface area contributed by atoms with Crippen molar-refractivity contribution in [2.45, 2.75) is 32.1 Å². The first-order chi connectivity index (χ1) is 8.89. The predicted octanol–water partition coefficient (Wildman–Crippen LogP) is 2.18. The number of hydrogen-bond donors (Lipinski definition) is 1. The molecule has 0 saturated carbocycles. The largest absolute Gasteiger partial charge is 0.369 e. The summed E-state index contributed by atoms with van der Waals surface area (Å²) in [6, 6.07) is 3.24. The summed E-state index contributed by atoms with van der Waals surface area (Å²) in [7, 11) is -1.88. The van der Waals surface area contributed by atoms with Gasteiger partial charge in [-0.3, -0.25) is 0 Å². The number of sulfonamides is 1. The average Bonchev–Trinajstić information content (AvgIpc) is 2.35. The Morgan fingerprint density at radius 1 is 1.42 bits per heavy atom. The van der Waals surface area contributed by atoms with E-state index >= 15 is 0 Å². The molecule has 0 aliphatic heterocycles. The Morgan fingerprint density at radius 3 is 2.68 bits per heavy atom. The quantitative estimate of drug-likeness (QED) is 0.834. The number of anilines is 1. The van der Waals surface area contributed by atoms with Crippen LogP contribution in [0.3, 0.4) is 0 Å². The first-order valence-corrected chi connectivity index (χ1v) is 7.98. The zero-order valence-electron chi connectivity index (χ0n) is 12.0. The maximum Gasteiger partial charge on any atom is 0.246 e. The van der Waals surface area contributed by atoms with Crippen molar-refractivity contribution in [2.75, 3.05) is 25.5 Å². The van der Waals surface area contributed by atoms with Gasteiger partial charge in [0, 0.05) is 26.3 Å². The fraction of sp³-hybridized carbons (Fsp3) is 0.615. The van der Waals surface area contributed by atoms with Crippen LogP contribution in [0.2, 0.25) is 0 Å². The van der Waals surface area contributed by atoms with Crippen LogP contribution < -0.4 is 5.32 Å². The molecule has 0 saturated heterocycles. The van der Waals surface area contributed by atoms with Crippen molar-refractivity contribution in [1.82, 2.24) is 9.29 Å². The lowest BCUT2D eigenvalue weighted by atomic mass is 10.2. The topological polar surface area (TPSA) is 62.3 Å². The Hall–Kier alpha value is -1.14. The Morgan fingerprint density at radius 2 is 2.11 bits per heavy atom. The van der Waals surface area contributed by atoms with Crippen molar-refractivity contribution in [3.8, 4) is 0 Å². The van der Waals surface area contributed by atoms with Gasteiger partial charge in [-0.25, -0.2) is 17.7 Å². The van der Waals surface area contributed by atoms with E-state index < -0.39 is 10.0 Å². The Bertz CT molecular complexity index is 500. The summed E-state index contributed by atoms with van der Waals surface area (Å²) in [5, 5.41) is 3.06. The SMILES string of the molecule is CCCNc1ncccc1S(=O)(=O)N(C)CC(C)C. The molecule has 0 spiro atoms. The minimum absolute atomic E-state index is 0.242. The van der Waals surface area contributed by atoms with Gasteiger partial charge >= 0.3 is 0 Å². The third kappa shape index (κ3) is 4.18. The molecule has 1 N–H and O–H groups in total. The molecule has 1 rings (SSSR count). The van der Waals surface area contributed by atoms with E-state index in [-0.39, 0.29) is 10.8 Å². The summed E-state index contributed by atoms with van der Waals surface area (Å²) in [4.78, 5) is 4.37. The minimum atomic E-state index is -3.49. The third-order valence-corrected chi connectivity index (χ3v) is 4.48. The van der Waals surface area contributed by atoms with Crippen molar-refractivity contribution < 1.29 is 8.42 Å². The van der Waals surface area contributed by atoms with Gasteiger partial charge in [0.15, 0.2) is 0 Å². The van der Waals surface area contributed by atoms with Crippen LogP contribution in [-0.2, 0) is 10.0 Å². The Balaban J connectivity index is 3.06. The maximum atomic E-state index is 12.5. The molecule has 108 valence electrons. The zero-order chi connectivity index (χ0) is 14.5. The molecular weight excluding hydrogens is 262 g/mol. The second-order valence-corrected chi connectivity index (χ2v) is 6.97. The number of hydrogen-bond acceptors (Lipinski definition) is 4. The van der Waals surface area contributed by atoms with Crippen molar-refractivity contribution in [3.05, 3.63) is 18.3 Å². The van der Waals surface area contributed by atoms with Gasteiger partial charge in [0.1, 0.15) is 10.7 Å². The number of nitrogens with one attached hydrogen (secondary N) is 1. The number of rotatable bonds is 7. The zero-order valence-corrected chi connectivity index (χ0v) is 12.9. The highest BCUT2D eigenvalue weighted by Crippen LogP contribution is 2.22. The number of nitrogens with zero attached hydrogens (tertiary/aromatic N) is 2. The molecule has 5 nitrogen and oxygen atoms in total. The minimum Gasteiger partial charge on any atom is -0.369 e. The molecule has 0 amide bonds. The summed E-state index contributed by atoms with van der Waals surface area (Å²) >= 11 is 0. The van der Waals surface area contributed by atoms with Gasteiger partial charge in [0.2, 0.25) is 10.0 Å². The fourth-order valence-electron chi connectivity index (χ4n) is 1.76. The molecule has 1 aromatic heterocycles. The van der Waals surface area contributed by atoms with Crippen molar-refractivity contribution in [2.24, 2.45) is 5.92 Å². The predicted molar refractivity (Wildman–Crippen MR) is 77.7 cm³/mol. The Labute approximate surface area is 116 Å². The monoisotopic (exact) mass is 285 g/mol. The lowest BCUT2D eigenvalue weighted by molar-refractivity contribution is 0.417. The fourth-order valence-corrected chi connectivity index (χ4v) is 3.21. The van der Waals surface area contributed by atoms with Gasteiger partial charge in [-0.1, -0.05) is 20.8 Å². The van der Waals surface area contributed by atoms with Gasteiger partial charge in [0.25, 0.3) is 0 Å². The van der Waals surface area contributed by atoms with E-state index in [1.54, 1.807) is 25.4 Å². The van der Waals surface area contributed by atoms with E-state index in [0.717, 1.165) is 6.42 Å². The van der Waals surface area contributed by atoms with Crippen LogP contribution in [0.4, 0.5) is 5.82 Å². The second kappa shape index (κ2) is 6.86. The van der Waals surface area contributed by atoms with E-state index in [4.69, 9.17) is 0 Å². The van der Waals surface area contributed by atoms with Crippen LogP contribution in [0.25, 0.3) is 0 Å². The second-order valence-electron chi connectivity index (χ2n) is 4.96. The van der Waals surface area contributed by atoms with E-state index in [1.807, 2.05) is 20.8 Å². The van der Waals surface area contributed by atoms with Gasteiger partial charge < -0.3 is 5.32 Å². The molecule has 1 heterocycles. The van der Waals surface area contributed by atoms with Crippen LogP contribution in [0, 0.1) is 5.92 Å². The molecule has 1 aromatic rings. The van der Waals surface area contributed by atoms with E-state index in [0.29, 0.717) is 18.9 Å². The molecule has 0 unspecified atom stereocenters. The summed E-state index contributed by atoms with van der Waals surface area (Å²) in [6.45, 7) is 7.20. The highest BCUT2D eigenvalue weighted by Gasteiger charge is 2.24. The lowest BCUT2D eigenvalue weighted by Crippen LogP contribution is -2.31. The van der Waals surface area contributed by atoms with Gasteiger partial charge in [0.05, 0.1) is 0 Å². The van der Waals surface area contributed by atoms with Crippen LogP contribution >= 0.6 is 0 Å². The lowest BCUT2D eigenvalue weighted by Gasteiger charge is -2.20. The molecule has 0 aromatic carbocycles. The number of pyridine rings is 1. The van der Waals surface area contributed by atoms with E-state index in [1.165, 1.54) is 4.31 Å². The molecule has 0 aliphatic carbocycles. The average molecular weight is 285 g/mol. The van der Waals surface area contributed by atoms with Crippen molar-refractivity contribution in [1.29, 1.82) is 0 Å². The molecule has 19 heavy (non-hydrogen) atoms. The molecule has 0 aliphatic rings. The Kier molecular flexibility index (Phi) is 5.75. The molecular formula is C13H23N3O2S. The maximum absolute atomic E-state index is 12.5. The van der Waals surface area contributed by atoms with Crippen LogP contribution in [0.15, 0.2) is 23.2 Å². The third-order valence-electron chi connectivity index (χ3n) is 2.62. The first-order valence-electron chi connectivity index (χ1n) is 6.54. The molecule has 0 fully saturated rings. The molecule has 6 heteroatoms. The molecule has 0 atom stereocenters. The van der Waals surface area contributed by atoms with Gasteiger partial charge in [-0.05, 0) is 24.5 Å². The van der Waals surface area contributed by atoms with Crippen molar-refractivity contribution in [3.63, 3.8) is 0 Å². The van der Waals surface area contributed by atoms with Crippen LogP contribution in [0.5, 0.6) is 0 Å². The normalized spacial score (nSPS) is 12.1. The number of aromatic nitrogens is 1. The summed E-state index contributed by atoms with van der Waals surface area (Å²) in [6.07, 6.45) is 2.51. The standard InChI is InChI=1S/C13H23N3O2S/c1-5-8-14-13-12(7-6-9-15-13)19(17,18)16(4)10-11(2)3/h6-7,9,11H,5,8,10H2,1-4H3,(H,14,15). The first kappa shape index (κ1) is 15.9. The molecule has 0 bridgehead atoms. The summed E-state index contributed by atoms with van der Waals surface area (Å²) < 4.78 is 26.4. The van der Waals surface area contributed by atoms with Crippen molar-refractivity contribution >= 4 is 15.8 Å². The summed E-state index contributed by atoms with van der Waals surface area (Å²) in [5.74, 6) is 0.712. The van der Waals surface area contributed by atoms with Gasteiger partial charge in [-0.2, -0.15) is 0 Å².